The van der Waals surface area contributed by atoms with Gasteiger partial charge < -0.3 is 15.1 Å². The van der Waals surface area contributed by atoms with E-state index in [1.807, 2.05) is 5.48 Å². The maximum absolute atomic E-state index is 11.6. The topological polar surface area (TPSA) is 95.9 Å². The number of rotatable bonds is 4. The van der Waals surface area contributed by atoms with E-state index in [2.05, 4.69) is 4.84 Å². The van der Waals surface area contributed by atoms with E-state index >= 15 is 0 Å². The molecule has 1 rings (SSSR count). The van der Waals surface area contributed by atoms with Crippen molar-refractivity contribution in [3.05, 3.63) is 35.9 Å². The van der Waals surface area contributed by atoms with Crippen molar-refractivity contribution >= 4 is 11.9 Å². The zero-order valence-electron chi connectivity index (χ0n) is 9.92. The molecule has 3 N–H and O–H groups in total. The molecule has 0 unspecified atom stereocenters. The highest BCUT2D eigenvalue weighted by atomic mass is 16.7. The molecule has 6 nitrogen and oxygen atoms in total. The lowest BCUT2D eigenvalue weighted by Gasteiger charge is -2.22. The second kappa shape index (κ2) is 6.13. The van der Waals surface area contributed by atoms with E-state index in [1.54, 1.807) is 18.2 Å². The third kappa shape index (κ3) is 3.28. The van der Waals surface area contributed by atoms with Gasteiger partial charge in [0, 0.05) is 0 Å². The van der Waals surface area contributed by atoms with Crippen molar-refractivity contribution in [2.45, 2.75) is 6.92 Å². The Hall–Kier alpha value is -1.92. The van der Waals surface area contributed by atoms with E-state index in [0.717, 1.165) is 0 Å². The maximum atomic E-state index is 11.6. The van der Waals surface area contributed by atoms with Gasteiger partial charge in [-0.05, 0) is 19.1 Å². The third-order valence-electron chi connectivity index (χ3n) is 2.49. The van der Waals surface area contributed by atoms with E-state index in [1.165, 1.54) is 19.1 Å². The Kier molecular flexibility index (Phi) is 4.82. The summed E-state index contributed by atoms with van der Waals surface area (Å²) in [5.74, 6) is -1.49. The van der Waals surface area contributed by atoms with Crippen LogP contribution in [0.5, 0.6) is 0 Å². The molecule has 1 amide bonds. The summed E-state index contributed by atoms with van der Waals surface area (Å²) >= 11 is 0. The molecule has 0 fully saturated rings. The second-order valence-corrected chi connectivity index (χ2v) is 4.06. The molecular weight excluding hydrogens is 238 g/mol. The first-order valence-electron chi connectivity index (χ1n) is 5.32. The summed E-state index contributed by atoms with van der Waals surface area (Å²) in [5.41, 5.74) is 0.808. The molecule has 0 radical (unpaired) electrons. The van der Waals surface area contributed by atoms with Crippen LogP contribution < -0.4 is 5.48 Å². The number of amides is 1. The molecule has 0 heterocycles. The molecule has 0 aliphatic rings. The lowest BCUT2D eigenvalue weighted by molar-refractivity contribution is -0.144. The zero-order valence-corrected chi connectivity index (χ0v) is 9.92. The van der Waals surface area contributed by atoms with Crippen LogP contribution in [-0.2, 0) is 9.63 Å². The van der Waals surface area contributed by atoms with Gasteiger partial charge in [-0.1, -0.05) is 18.2 Å². The van der Waals surface area contributed by atoms with Gasteiger partial charge in [-0.2, -0.15) is 5.48 Å². The Morgan fingerprint density at radius 3 is 2.28 bits per heavy atom. The van der Waals surface area contributed by atoms with Gasteiger partial charge in [0.2, 0.25) is 0 Å². The predicted octanol–water partition coefficient (Wildman–Crippen LogP) is -0.135. The molecule has 0 aliphatic carbocycles. The fourth-order valence-corrected chi connectivity index (χ4v) is 1.04. The summed E-state index contributed by atoms with van der Waals surface area (Å²) in [4.78, 5) is 27.6. The Bertz CT molecular complexity index is 414. The van der Waals surface area contributed by atoms with Gasteiger partial charge in [0.05, 0.1) is 24.2 Å². The quantitative estimate of drug-likeness (QED) is 0.649. The maximum Gasteiger partial charge on any atom is 0.362 e. The first-order chi connectivity index (χ1) is 8.53. The number of aliphatic hydroxyl groups excluding tert-OH is 2. The summed E-state index contributed by atoms with van der Waals surface area (Å²) in [7, 11) is 0. The summed E-state index contributed by atoms with van der Waals surface area (Å²) in [6.45, 7) is 0.231. The first kappa shape index (κ1) is 14.1. The molecule has 18 heavy (non-hydrogen) atoms. The summed E-state index contributed by atoms with van der Waals surface area (Å²) < 4.78 is 0. The largest absolute Gasteiger partial charge is 0.395 e. The van der Waals surface area contributed by atoms with Crippen LogP contribution in [0, 0.1) is 5.41 Å². The smallest absolute Gasteiger partial charge is 0.362 e. The average molecular weight is 253 g/mol. The standard InChI is InChI=1S/C12H15NO5/c1-12(7-14,8-15)11(17)13-18-10(16)9-5-3-2-4-6-9/h2-6,14-15H,7-8H2,1H3,(H,13,17). The van der Waals surface area contributed by atoms with Crippen molar-refractivity contribution in [1.29, 1.82) is 0 Å². The number of carbonyl (C=O) groups is 2. The number of carbonyl (C=O) groups excluding carboxylic acids is 2. The van der Waals surface area contributed by atoms with Crippen LogP contribution in [0.4, 0.5) is 0 Å². The molecular formula is C12H15NO5. The second-order valence-electron chi connectivity index (χ2n) is 4.06. The Morgan fingerprint density at radius 1 is 1.22 bits per heavy atom. The summed E-state index contributed by atoms with van der Waals surface area (Å²) in [6, 6.07) is 8.12. The monoisotopic (exact) mass is 253 g/mol. The van der Waals surface area contributed by atoms with E-state index < -0.39 is 30.5 Å². The normalized spacial score (nSPS) is 10.8. The Morgan fingerprint density at radius 2 is 1.78 bits per heavy atom. The molecule has 6 heteroatoms. The number of nitrogens with one attached hydrogen (secondary N) is 1. The molecule has 1 aromatic rings. The summed E-state index contributed by atoms with van der Waals surface area (Å²) in [5, 5.41) is 18.0. The molecule has 0 aromatic heterocycles. The third-order valence-corrected chi connectivity index (χ3v) is 2.49. The van der Waals surface area contributed by atoms with Gasteiger partial charge in [-0.3, -0.25) is 4.79 Å². The van der Waals surface area contributed by atoms with Crippen molar-refractivity contribution in [1.82, 2.24) is 5.48 Å². The zero-order chi connectivity index (χ0) is 13.6. The van der Waals surface area contributed by atoms with Crippen molar-refractivity contribution < 1.29 is 24.6 Å². The van der Waals surface area contributed by atoms with Crippen LogP contribution in [0.2, 0.25) is 0 Å². The summed E-state index contributed by atoms with van der Waals surface area (Å²) in [6.07, 6.45) is 0. The van der Waals surface area contributed by atoms with Gasteiger partial charge in [0.25, 0.3) is 5.91 Å². The van der Waals surface area contributed by atoms with Crippen molar-refractivity contribution in [3.8, 4) is 0 Å². The van der Waals surface area contributed by atoms with Gasteiger partial charge in [-0.25, -0.2) is 4.79 Å². The molecule has 0 atom stereocenters. The van der Waals surface area contributed by atoms with E-state index in [9.17, 15) is 9.59 Å². The lowest BCUT2D eigenvalue weighted by atomic mass is 9.92. The van der Waals surface area contributed by atoms with E-state index in [0.29, 0.717) is 0 Å². The Labute approximate surface area is 104 Å². The fourth-order valence-electron chi connectivity index (χ4n) is 1.04. The van der Waals surface area contributed by atoms with E-state index in [-0.39, 0.29) is 5.56 Å². The first-order valence-corrected chi connectivity index (χ1v) is 5.32. The number of hydrogen-bond acceptors (Lipinski definition) is 5. The predicted molar refractivity (Wildman–Crippen MR) is 62.3 cm³/mol. The van der Waals surface area contributed by atoms with Crippen LogP contribution in [-0.4, -0.2) is 35.3 Å². The average Bonchev–Trinajstić information content (AvgIpc) is 2.44. The van der Waals surface area contributed by atoms with Gasteiger partial charge in [0.1, 0.15) is 0 Å². The fraction of sp³-hybridized carbons (Fsp3) is 0.333. The number of benzene rings is 1. The highest BCUT2D eigenvalue weighted by Gasteiger charge is 2.32. The van der Waals surface area contributed by atoms with Crippen LogP contribution >= 0.6 is 0 Å². The molecule has 1 aromatic carbocycles. The van der Waals surface area contributed by atoms with Crippen LogP contribution in [0.25, 0.3) is 0 Å². The number of hydrogen-bond donors (Lipinski definition) is 3. The van der Waals surface area contributed by atoms with Gasteiger partial charge in [0.15, 0.2) is 0 Å². The van der Waals surface area contributed by atoms with Gasteiger partial charge >= 0.3 is 5.97 Å². The minimum atomic E-state index is -1.39. The van der Waals surface area contributed by atoms with Crippen molar-refractivity contribution in [2.75, 3.05) is 13.2 Å². The molecule has 0 aliphatic heterocycles. The Balaban J connectivity index is 2.56. The molecule has 0 saturated carbocycles. The SMILES string of the molecule is CC(CO)(CO)C(=O)NOC(=O)c1ccccc1. The van der Waals surface area contributed by atoms with E-state index in [4.69, 9.17) is 10.2 Å². The minimum Gasteiger partial charge on any atom is -0.395 e. The van der Waals surface area contributed by atoms with Crippen LogP contribution in [0.3, 0.4) is 0 Å². The lowest BCUT2D eigenvalue weighted by Crippen LogP contribution is -2.44. The van der Waals surface area contributed by atoms with Crippen LogP contribution in [0.1, 0.15) is 17.3 Å². The minimum absolute atomic E-state index is 0.285. The molecule has 98 valence electrons. The molecule has 0 saturated heterocycles. The van der Waals surface area contributed by atoms with Crippen molar-refractivity contribution in [2.24, 2.45) is 5.41 Å². The number of aliphatic hydroxyl groups is 2. The molecule has 0 bridgehead atoms. The van der Waals surface area contributed by atoms with Crippen molar-refractivity contribution in [3.63, 3.8) is 0 Å². The van der Waals surface area contributed by atoms with Crippen LogP contribution in [0.15, 0.2) is 30.3 Å². The number of hydroxylamine groups is 1. The highest BCUT2D eigenvalue weighted by Crippen LogP contribution is 2.14. The van der Waals surface area contributed by atoms with Gasteiger partial charge in [-0.15, -0.1) is 0 Å². The highest BCUT2D eigenvalue weighted by molar-refractivity contribution is 5.91. The molecule has 0 spiro atoms.